The maximum atomic E-state index is 6.29. The average Bonchev–Trinajstić information content (AvgIpc) is 2.30. The summed E-state index contributed by atoms with van der Waals surface area (Å²) in [6.45, 7) is 9.00. The number of nitrogens with zero attached hydrogens (tertiary/aromatic N) is 2. The molecule has 1 heterocycles. The number of aryl methyl sites for hydroxylation is 1. The molecule has 0 spiro atoms. The summed E-state index contributed by atoms with van der Waals surface area (Å²) in [6, 6.07) is 2.20. The van der Waals surface area contributed by atoms with E-state index in [2.05, 4.69) is 30.7 Å². The normalized spacial score (nSPS) is 28.4. The minimum absolute atomic E-state index is 0.271. The molecule has 1 aromatic heterocycles. The summed E-state index contributed by atoms with van der Waals surface area (Å²) in [4.78, 5) is 8.84. The first kappa shape index (κ1) is 14.8. The van der Waals surface area contributed by atoms with E-state index in [0.717, 1.165) is 23.2 Å². The molecule has 3 unspecified atom stereocenters. The highest BCUT2D eigenvalue weighted by molar-refractivity contribution is 7.99. The lowest BCUT2D eigenvalue weighted by Gasteiger charge is -2.40. The Morgan fingerprint density at radius 1 is 1.32 bits per heavy atom. The number of nitrogens with two attached hydrogens (primary N) is 1. The second-order valence-electron chi connectivity index (χ2n) is 6.68. The maximum Gasteiger partial charge on any atom is 0.188 e. The largest absolute Gasteiger partial charge is 0.327 e. The summed E-state index contributed by atoms with van der Waals surface area (Å²) >= 11 is 1.76. The van der Waals surface area contributed by atoms with Gasteiger partial charge in [-0.3, -0.25) is 0 Å². The summed E-state index contributed by atoms with van der Waals surface area (Å²) in [5, 5.41) is 1.31. The Hall–Kier alpha value is -0.610. The van der Waals surface area contributed by atoms with Crippen LogP contribution in [0, 0.1) is 18.3 Å². The smallest absolute Gasteiger partial charge is 0.188 e. The van der Waals surface area contributed by atoms with Gasteiger partial charge in [0.1, 0.15) is 0 Å². The summed E-state index contributed by atoms with van der Waals surface area (Å²) in [6.07, 6.45) is 5.37. The quantitative estimate of drug-likeness (QED) is 0.843. The van der Waals surface area contributed by atoms with Crippen molar-refractivity contribution >= 4 is 11.8 Å². The molecule has 106 valence electrons. The first-order valence-corrected chi connectivity index (χ1v) is 7.96. The van der Waals surface area contributed by atoms with Crippen LogP contribution in [0.4, 0.5) is 0 Å². The van der Waals surface area contributed by atoms with Gasteiger partial charge in [0.05, 0.1) is 0 Å². The van der Waals surface area contributed by atoms with E-state index in [9.17, 15) is 0 Å². The molecule has 0 saturated heterocycles. The van der Waals surface area contributed by atoms with E-state index >= 15 is 0 Å². The Balaban J connectivity index is 2.05. The predicted molar refractivity (Wildman–Crippen MR) is 81.2 cm³/mol. The molecule has 4 heteroatoms. The molecule has 0 bridgehead atoms. The SMILES string of the molecule is Cc1ccnc(SC2CC(C(C)(C)C)CCC2N)n1. The zero-order valence-corrected chi connectivity index (χ0v) is 13.2. The summed E-state index contributed by atoms with van der Waals surface area (Å²) in [5.74, 6) is 0.745. The van der Waals surface area contributed by atoms with Crippen LogP contribution < -0.4 is 5.73 Å². The van der Waals surface area contributed by atoms with Crippen LogP contribution in [0.2, 0.25) is 0 Å². The molecule has 19 heavy (non-hydrogen) atoms. The summed E-state index contributed by atoms with van der Waals surface area (Å²) in [7, 11) is 0. The zero-order chi connectivity index (χ0) is 14.0. The fourth-order valence-corrected chi connectivity index (χ4v) is 3.92. The maximum absolute atomic E-state index is 6.29. The Morgan fingerprint density at radius 2 is 2.05 bits per heavy atom. The van der Waals surface area contributed by atoms with Gasteiger partial charge in [-0.2, -0.15) is 0 Å². The standard InChI is InChI=1S/C15H25N3S/c1-10-7-8-17-14(18-10)19-13-9-11(15(2,3)4)5-6-12(13)16/h7-8,11-13H,5-6,9,16H2,1-4H3. The van der Waals surface area contributed by atoms with Gasteiger partial charge in [0.25, 0.3) is 0 Å². The van der Waals surface area contributed by atoms with Crippen LogP contribution in [-0.2, 0) is 0 Å². The first-order chi connectivity index (χ1) is 8.86. The lowest BCUT2D eigenvalue weighted by atomic mass is 9.71. The molecule has 2 N–H and O–H groups in total. The van der Waals surface area contributed by atoms with Crippen molar-refractivity contribution < 1.29 is 0 Å². The number of thioether (sulfide) groups is 1. The van der Waals surface area contributed by atoms with Gasteiger partial charge in [0, 0.05) is 23.2 Å². The minimum atomic E-state index is 0.271. The molecule has 1 fully saturated rings. The average molecular weight is 279 g/mol. The Kier molecular flexibility index (Phi) is 4.51. The number of hydrogen-bond acceptors (Lipinski definition) is 4. The van der Waals surface area contributed by atoms with Crippen LogP contribution in [0.1, 0.15) is 45.7 Å². The first-order valence-electron chi connectivity index (χ1n) is 7.08. The molecule has 1 aliphatic rings. The number of aromatic nitrogens is 2. The topological polar surface area (TPSA) is 51.8 Å². The number of rotatable bonds is 2. The van der Waals surface area contributed by atoms with E-state index < -0.39 is 0 Å². The molecule has 1 aliphatic carbocycles. The van der Waals surface area contributed by atoms with Gasteiger partial charge in [-0.25, -0.2) is 9.97 Å². The Labute approximate surface area is 120 Å². The monoisotopic (exact) mass is 279 g/mol. The van der Waals surface area contributed by atoms with Crippen molar-refractivity contribution in [3.63, 3.8) is 0 Å². The van der Waals surface area contributed by atoms with E-state index in [1.165, 1.54) is 12.8 Å². The van der Waals surface area contributed by atoms with Crippen molar-refractivity contribution in [1.82, 2.24) is 9.97 Å². The molecule has 1 aromatic rings. The highest BCUT2D eigenvalue weighted by Crippen LogP contribution is 2.42. The minimum Gasteiger partial charge on any atom is -0.327 e. The third kappa shape index (κ3) is 3.93. The van der Waals surface area contributed by atoms with Crippen LogP contribution in [0.15, 0.2) is 17.4 Å². The third-order valence-electron chi connectivity index (χ3n) is 4.10. The molecular formula is C15H25N3S. The lowest BCUT2D eigenvalue weighted by molar-refractivity contribution is 0.174. The second kappa shape index (κ2) is 5.80. The summed E-state index contributed by atoms with van der Waals surface area (Å²) < 4.78 is 0. The predicted octanol–water partition coefficient (Wildman–Crippen LogP) is 3.42. The lowest BCUT2D eigenvalue weighted by Crippen LogP contribution is -2.41. The van der Waals surface area contributed by atoms with Crippen molar-refractivity contribution in [3.05, 3.63) is 18.0 Å². The molecule has 2 rings (SSSR count). The Bertz CT molecular complexity index is 428. The van der Waals surface area contributed by atoms with Crippen molar-refractivity contribution in [2.45, 2.75) is 63.4 Å². The van der Waals surface area contributed by atoms with Crippen molar-refractivity contribution in [1.29, 1.82) is 0 Å². The molecule has 1 saturated carbocycles. The highest BCUT2D eigenvalue weighted by atomic mass is 32.2. The van der Waals surface area contributed by atoms with Gasteiger partial charge in [-0.1, -0.05) is 32.5 Å². The molecule has 0 radical (unpaired) electrons. The molecule has 3 nitrogen and oxygen atoms in total. The summed E-state index contributed by atoms with van der Waals surface area (Å²) in [5.41, 5.74) is 7.68. The van der Waals surface area contributed by atoms with Crippen LogP contribution in [0.3, 0.4) is 0 Å². The van der Waals surface area contributed by atoms with Crippen LogP contribution in [-0.4, -0.2) is 21.3 Å². The Morgan fingerprint density at radius 3 is 2.68 bits per heavy atom. The van der Waals surface area contributed by atoms with Crippen LogP contribution in [0.5, 0.6) is 0 Å². The highest BCUT2D eigenvalue weighted by Gasteiger charge is 2.35. The zero-order valence-electron chi connectivity index (χ0n) is 12.4. The fourth-order valence-electron chi connectivity index (χ4n) is 2.69. The van der Waals surface area contributed by atoms with E-state index in [1.54, 1.807) is 11.8 Å². The van der Waals surface area contributed by atoms with Crippen LogP contribution >= 0.6 is 11.8 Å². The molecule has 0 amide bonds. The third-order valence-corrected chi connectivity index (χ3v) is 5.35. The van der Waals surface area contributed by atoms with E-state index in [4.69, 9.17) is 5.73 Å². The van der Waals surface area contributed by atoms with Gasteiger partial charge >= 0.3 is 0 Å². The fraction of sp³-hybridized carbons (Fsp3) is 0.733. The molecule has 3 atom stereocenters. The number of hydrogen-bond donors (Lipinski definition) is 1. The van der Waals surface area contributed by atoms with Crippen molar-refractivity contribution in [3.8, 4) is 0 Å². The van der Waals surface area contributed by atoms with Gasteiger partial charge in [-0.05, 0) is 43.6 Å². The van der Waals surface area contributed by atoms with E-state index in [1.807, 2.05) is 19.2 Å². The van der Waals surface area contributed by atoms with E-state index in [0.29, 0.717) is 10.7 Å². The van der Waals surface area contributed by atoms with E-state index in [-0.39, 0.29) is 6.04 Å². The molecule has 0 aromatic carbocycles. The second-order valence-corrected chi connectivity index (χ2v) is 7.88. The van der Waals surface area contributed by atoms with Gasteiger partial charge in [-0.15, -0.1) is 0 Å². The van der Waals surface area contributed by atoms with Gasteiger partial charge < -0.3 is 5.73 Å². The molecular weight excluding hydrogens is 254 g/mol. The van der Waals surface area contributed by atoms with Gasteiger partial charge in [0.15, 0.2) is 5.16 Å². The van der Waals surface area contributed by atoms with Gasteiger partial charge in [0.2, 0.25) is 0 Å². The molecule has 0 aliphatic heterocycles. The van der Waals surface area contributed by atoms with Crippen molar-refractivity contribution in [2.24, 2.45) is 17.1 Å². The van der Waals surface area contributed by atoms with Crippen LogP contribution in [0.25, 0.3) is 0 Å². The van der Waals surface area contributed by atoms with Crippen molar-refractivity contribution in [2.75, 3.05) is 0 Å².